The molecule has 0 saturated carbocycles. The summed E-state index contributed by atoms with van der Waals surface area (Å²) >= 11 is 0. The predicted molar refractivity (Wildman–Crippen MR) is 163 cm³/mol. The summed E-state index contributed by atoms with van der Waals surface area (Å²) in [4.78, 5) is 57.0. The lowest BCUT2D eigenvalue weighted by molar-refractivity contribution is -0.139. The molecule has 2 fully saturated rings. The van der Waals surface area contributed by atoms with Crippen molar-refractivity contribution in [3.63, 3.8) is 0 Å². The Labute approximate surface area is 251 Å². The number of piperazine rings is 1. The van der Waals surface area contributed by atoms with Crippen LogP contribution < -0.4 is 0 Å². The van der Waals surface area contributed by atoms with Crippen LogP contribution in [0.3, 0.4) is 0 Å². The number of hydrogen-bond donors (Lipinski definition) is 0. The lowest BCUT2D eigenvalue weighted by Crippen LogP contribution is -2.47. The minimum Gasteiger partial charge on any atom is -0.449 e. The van der Waals surface area contributed by atoms with Gasteiger partial charge in [0, 0.05) is 51.1 Å². The maximum atomic E-state index is 13.3. The number of carbonyl (C=O) groups excluding carboxylic acids is 4. The highest BCUT2D eigenvalue weighted by Gasteiger charge is 2.31. The van der Waals surface area contributed by atoms with Gasteiger partial charge in [-0.1, -0.05) is 50.1 Å². The molecule has 0 unspecified atom stereocenters. The van der Waals surface area contributed by atoms with Gasteiger partial charge in [0.1, 0.15) is 6.10 Å². The van der Waals surface area contributed by atoms with Crippen molar-refractivity contribution in [2.75, 3.05) is 46.4 Å². The van der Waals surface area contributed by atoms with Gasteiger partial charge in [-0.15, -0.1) is 0 Å². The van der Waals surface area contributed by atoms with E-state index in [1.54, 1.807) is 9.80 Å². The van der Waals surface area contributed by atoms with Gasteiger partial charge in [-0.05, 0) is 65.0 Å². The van der Waals surface area contributed by atoms with Crippen molar-refractivity contribution < 1.29 is 28.7 Å². The lowest BCUT2D eigenvalue weighted by Gasteiger charge is -2.32. The molecular formula is C33H51N3O6. The first-order valence-corrected chi connectivity index (χ1v) is 15.7. The minimum absolute atomic E-state index is 0.00221. The SMILES string of the molecule is C/C(=C\C=C\[C@@H](C)COC(=O)N1CCC[C@@H]1C)[C@H]1C(=O)C(=O)CCCCC[C@@H](OC(=O)N2CCN(C)CC2)/C=C/[C@@H]1C. The second kappa shape index (κ2) is 16.6. The summed E-state index contributed by atoms with van der Waals surface area (Å²) in [5.74, 6) is -1.56. The molecule has 3 aliphatic rings. The van der Waals surface area contributed by atoms with Gasteiger partial charge in [-0.3, -0.25) is 9.59 Å². The lowest BCUT2D eigenvalue weighted by atomic mass is 9.81. The summed E-state index contributed by atoms with van der Waals surface area (Å²) in [6.07, 6.45) is 13.8. The van der Waals surface area contributed by atoms with E-state index < -0.39 is 5.92 Å². The third-order valence-electron chi connectivity index (χ3n) is 8.67. The van der Waals surface area contributed by atoms with E-state index in [9.17, 15) is 19.2 Å². The van der Waals surface area contributed by atoms with Crippen molar-refractivity contribution >= 4 is 23.8 Å². The highest BCUT2D eigenvalue weighted by molar-refractivity contribution is 6.38. The Morgan fingerprint density at radius 1 is 0.976 bits per heavy atom. The van der Waals surface area contributed by atoms with Gasteiger partial charge < -0.3 is 24.2 Å². The van der Waals surface area contributed by atoms with Gasteiger partial charge in [0.2, 0.25) is 5.78 Å². The maximum absolute atomic E-state index is 13.3. The van der Waals surface area contributed by atoms with Crippen molar-refractivity contribution in [2.24, 2.45) is 17.8 Å². The molecule has 2 amide bonds. The molecule has 5 atom stereocenters. The number of likely N-dealkylation sites (N-methyl/N-ethyl adjacent to an activating group) is 1. The largest absolute Gasteiger partial charge is 0.449 e. The van der Waals surface area contributed by atoms with Gasteiger partial charge in [0.05, 0.1) is 12.5 Å². The molecule has 9 nitrogen and oxygen atoms in total. The average Bonchev–Trinajstić information content (AvgIpc) is 3.39. The molecule has 2 saturated heterocycles. The number of hydrogen-bond acceptors (Lipinski definition) is 7. The third-order valence-corrected chi connectivity index (χ3v) is 8.67. The number of Topliss-reactive ketones (excluding diaryl/α,β-unsaturated/α-hetero) is 2. The molecule has 0 aromatic rings. The van der Waals surface area contributed by atoms with E-state index in [0.717, 1.165) is 50.9 Å². The van der Waals surface area contributed by atoms with Gasteiger partial charge in [-0.25, -0.2) is 9.59 Å². The average molecular weight is 586 g/mol. The van der Waals surface area contributed by atoms with Crippen LogP contribution in [0.15, 0.2) is 36.0 Å². The van der Waals surface area contributed by atoms with Gasteiger partial charge in [-0.2, -0.15) is 0 Å². The molecule has 0 spiro atoms. The second-order valence-electron chi connectivity index (χ2n) is 12.4. The van der Waals surface area contributed by atoms with E-state index >= 15 is 0 Å². The molecule has 9 heteroatoms. The smallest absolute Gasteiger partial charge is 0.410 e. The predicted octanol–water partition coefficient (Wildman–Crippen LogP) is 5.41. The van der Waals surface area contributed by atoms with Crippen molar-refractivity contribution in [3.8, 4) is 0 Å². The summed E-state index contributed by atoms with van der Waals surface area (Å²) < 4.78 is 11.4. The molecule has 2 aliphatic heterocycles. The first-order chi connectivity index (χ1) is 20.1. The van der Waals surface area contributed by atoms with Crippen LogP contribution in [0.25, 0.3) is 0 Å². The van der Waals surface area contributed by atoms with Crippen LogP contribution >= 0.6 is 0 Å². The number of allylic oxidation sites excluding steroid dienone is 4. The number of amides is 2. The van der Waals surface area contributed by atoms with E-state index in [1.807, 2.05) is 65.1 Å². The zero-order chi connectivity index (χ0) is 30.6. The molecule has 234 valence electrons. The van der Waals surface area contributed by atoms with E-state index in [4.69, 9.17) is 9.47 Å². The molecule has 0 aromatic heterocycles. The number of rotatable bonds is 6. The van der Waals surface area contributed by atoms with E-state index in [2.05, 4.69) is 4.90 Å². The van der Waals surface area contributed by atoms with Crippen LogP contribution in [0, 0.1) is 17.8 Å². The zero-order valence-electron chi connectivity index (χ0n) is 26.3. The van der Waals surface area contributed by atoms with Gasteiger partial charge >= 0.3 is 12.2 Å². The van der Waals surface area contributed by atoms with Gasteiger partial charge in [0.15, 0.2) is 5.78 Å². The summed E-state index contributed by atoms with van der Waals surface area (Å²) in [6.45, 7) is 11.8. The van der Waals surface area contributed by atoms with Crippen LogP contribution in [0.1, 0.15) is 72.6 Å². The molecular weight excluding hydrogens is 534 g/mol. The second-order valence-corrected chi connectivity index (χ2v) is 12.4. The topological polar surface area (TPSA) is 96.5 Å². The van der Waals surface area contributed by atoms with E-state index in [-0.39, 0.29) is 60.8 Å². The third kappa shape index (κ3) is 10.1. The number of carbonyl (C=O) groups is 4. The fourth-order valence-corrected chi connectivity index (χ4v) is 5.81. The first kappa shape index (κ1) is 33.6. The van der Waals surface area contributed by atoms with Gasteiger partial charge in [0.25, 0.3) is 0 Å². The molecule has 2 heterocycles. The van der Waals surface area contributed by atoms with E-state index in [1.165, 1.54) is 0 Å². The maximum Gasteiger partial charge on any atom is 0.410 e. The molecule has 0 aromatic carbocycles. The van der Waals surface area contributed by atoms with Crippen molar-refractivity contribution in [2.45, 2.75) is 84.8 Å². The minimum atomic E-state index is -0.600. The van der Waals surface area contributed by atoms with Crippen LogP contribution in [0.5, 0.6) is 0 Å². The Hall–Kier alpha value is -2.94. The fraction of sp³-hybridized carbons (Fsp3) is 0.697. The van der Waals surface area contributed by atoms with Crippen molar-refractivity contribution in [1.29, 1.82) is 0 Å². The Morgan fingerprint density at radius 3 is 2.40 bits per heavy atom. The number of ketones is 2. The number of likely N-dealkylation sites (tertiary alicyclic amines) is 1. The Kier molecular flexibility index (Phi) is 13.3. The highest BCUT2D eigenvalue weighted by Crippen LogP contribution is 2.26. The molecule has 0 N–H and O–H groups in total. The molecule has 0 bridgehead atoms. The number of ether oxygens (including phenoxy) is 2. The highest BCUT2D eigenvalue weighted by atomic mass is 16.6. The normalized spacial score (nSPS) is 28.7. The van der Waals surface area contributed by atoms with Crippen LogP contribution in [-0.2, 0) is 19.1 Å². The fourth-order valence-electron chi connectivity index (χ4n) is 5.81. The summed E-state index contributed by atoms with van der Waals surface area (Å²) in [5, 5.41) is 0. The Balaban J connectivity index is 1.64. The van der Waals surface area contributed by atoms with Crippen molar-refractivity contribution in [3.05, 3.63) is 36.0 Å². The standard InChI is InChI=1S/C33H51N3O6/c1-24(23-41-33(40)36-18-10-13-27(36)4)11-9-12-25(2)30-26(3)16-17-28(14-7-6-8-15-29(37)31(30)38)42-32(39)35-21-19-34(5)20-22-35/h9,11-12,16-17,24,26-28,30H,6-8,10,13-15,18-23H2,1-5H3/b11-9+,17-16+,25-12+/t24-,26+,27+,28-,30-/m1/s1. The first-order valence-electron chi connectivity index (χ1n) is 15.7. The Morgan fingerprint density at radius 2 is 1.71 bits per heavy atom. The molecule has 3 rings (SSSR count). The van der Waals surface area contributed by atoms with Crippen LogP contribution in [0.4, 0.5) is 9.59 Å². The zero-order valence-corrected chi connectivity index (χ0v) is 26.3. The van der Waals surface area contributed by atoms with Crippen molar-refractivity contribution in [1.82, 2.24) is 14.7 Å². The molecule has 0 radical (unpaired) electrons. The van der Waals surface area contributed by atoms with E-state index in [0.29, 0.717) is 25.9 Å². The van der Waals surface area contributed by atoms with Crippen LogP contribution in [0.2, 0.25) is 0 Å². The summed E-state index contributed by atoms with van der Waals surface area (Å²) in [7, 11) is 2.04. The molecule has 1 aliphatic carbocycles. The molecule has 42 heavy (non-hydrogen) atoms. The quantitative estimate of drug-likeness (QED) is 0.234. The van der Waals surface area contributed by atoms with Crippen LogP contribution in [-0.4, -0.2) is 97.0 Å². The summed E-state index contributed by atoms with van der Waals surface area (Å²) in [5.41, 5.74) is 0.792. The monoisotopic (exact) mass is 585 g/mol. The number of nitrogens with zero attached hydrogens (tertiary/aromatic N) is 3. The Bertz CT molecular complexity index is 1030. The summed E-state index contributed by atoms with van der Waals surface area (Å²) in [6, 6.07) is 0.218.